The van der Waals surface area contributed by atoms with Gasteiger partial charge in [0.1, 0.15) is 6.04 Å². The molecular formula is C25H26N4O4. The summed E-state index contributed by atoms with van der Waals surface area (Å²) in [5.41, 5.74) is 2.68. The summed E-state index contributed by atoms with van der Waals surface area (Å²) >= 11 is 0. The van der Waals surface area contributed by atoms with E-state index in [1.807, 2.05) is 24.3 Å². The molecule has 0 aromatic heterocycles. The molecule has 0 spiro atoms. The number of hydrogen-bond donors (Lipinski definition) is 2. The number of fused-ring (bicyclic) bond motifs is 1. The van der Waals surface area contributed by atoms with Crippen LogP contribution in [0.5, 0.6) is 0 Å². The lowest BCUT2D eigenvalue weighted by Gasteiger charge is -2.31. The van der Waals surface area contributed by atoms with E-state index in [-0.39, 0.29) is 24.8 Å². The second-order valence-corrected chi connectivity index (χ2v) is 8.74. The Kier molecular flexibility index (Phi) is 5.78. The molecule has 2 atom stereocenters. The van der Waals surface area contributed by atoms with Gasteiger partial charge >= 0.3 is 0 Å². The summed E-state index contributed by atoms with van der Waals surface area (Å²) in [6.07, 6.45) is 1.24. The molecule has 0 aliphatic carbocycles. The van der Waals surface area contributed by atoms with Crippen LogP contribution in [0.2, 0.25) is 0 Å². The first-order valence-corrected chi connectivity index (χ1v) is 11.4. The first kappa shape index (κ1) is 21.5. The summed E-state index contributed by atoms with van der Waals surface area (Å²) in [7, 11) is 0. The number of nitrogens with zero attached hydrogens (tertiary/aromatic N) is 2. The van der Waals surface area contributed by atoms with Crippen molar-refractivity contribution in [1.82, 2.24) is 20.4 Å². The normalized spacial score (nSPS) is 23.9. The Morgan fingerprint density at radius 2 is 1.73 bits per heavy atom. The number of rotatable bonds is 4. The molecule has 0 saturated carbocycles. The lowest BCUT2D eigenvalue weighted by molar-refractivity contribution is -0.136. The van der Waals surface area contributed by atoms with E-state index in [0.717, 1.165) is 36.5 Å². The minimum atomic E-state index is -0.956. The predicted octanol–water partition coefficient (Wildman–Crippen LogP) is 1.62. The molecule has 0 radical (unpaired) electrons. The van der Waals surface area contributed by atoms with E-state index in [1.165, 1.54) is 5.56 Å². The van der Waals surface area contributed by atoms with E-state index in [2.05, 4.69) is 27.7 Å². The third-order valence-electron chi connectivity index (χ3n) is 6.69. The highest BCUT2D eigenvalue weighted by molar-refractivity contribution is 6.24. The van der Waals surface area contributed by atoms with E-state index in [4.69, 9.17) is 0 Å². The van der Waals surface area contributed by atoms with Crippen LogP contribution < -0.4 is 10.6 Å². The molecule has 3 aliphatic heterocycles. The van der Waals surface area contributed by atoms with Gasteiger partial charge in [-0.05, 0) is 36.6 Å². The highest BCUT2D eigenvalue weighted by Crippen LogP contribution is 2.32. The Bertz CT molecular complexity index is 1120. The molecule has 170 valence electrons. The quantitative estimate of drug-likeness (QED) is 0.693. The van der Waals surface area contributed by atoms with Gasteiger partial charge in [-0.15, -0.1) is 0 Å². The largest absolute Gasteiger partial charge is 0.315 e. The summed E-state index contributed by atoms with van der Waals surface area (Å²) in [4.78, 5) is 53.9. The van der Waals surface area contributed by atoms with Gasteiger partial charge in [-0.2, -0.15) is 0 Å². The Morgan fingerprint density at radius 1 is 0.909 bits per heavy atom. The highest BCUT2D eigenvalue weighted by atomic mass is 16.2. The van der Waals surface area contributed by atoms with Crippen LogP contribution in [0.3, 0.4) is 0 Å². The van der Waals surface area contributed by atoms with Crippen molar-refractivity contribution in [1.29, 1.82) is 0 Å². The Morgan fingerprint density at radius 3 is 2.52 bits per heavy atom. The fourth-order valence-electron chi connectivity index (χ4n) is 5.06. The summed E-state index contributed by atoms with van der Waals surface area (Å²) in [5.74, 6) is -1.90. The van der Waals surface area contributed by atoms with E-state index in [0.29, 0.717) is 17.7 Å². The molecule has 3 aliphatic rings. The van der Waals surface area contributed by atoms with Crippen LogP contribution in [0.25, 0.3) is 0 Å². The first-order valence-electron chi connectivity index (χ1n) is 11.4. The number of benzene rings is 2. The third kappa shape index (κ3) is 3.96. The summed E-state index contributed by atoms with van der Waals surface area (Å²) in [5, 5.41) is 5.74. The molecule has 2 saturated heterocycles. The number of nitrogens with one attached hydrogen (secondary N) is 2. The fourth-order valence-corrected chi connectivity index (χ4v) is 5.06. The zero-order valence-electron chi connectivity index (χ0n) is 18.3. The molecular weight excluding hydrogens is 420 g/mol. The van der Waals surface area contributed by atoms with Crippen molar-refractivity contribution in [2.45, 2.75) is 37.9 Å². The maximum atomic E-state index is 13.4. The van der Waals surface area contributed by atoms with Crippen molar-refractivity contribution in [3.63, 3.8) is 0 Å². The molecule has 33 heavy (non-hydrogen) atoms. The van der Waals surface area contributed by atoms with Gasteiger partial charge < -0.3 is 5.32 Å². The number of piperidine rings is 1. The number of hydrogen-bond acceptors (Lipinski definition) is 6. The van der Waals surface area contributed by atoms with Crippen molar-refractivity contribution in [3.8, 4) is 0 Å². The third-order valence-corrected chi connectivity index (χ3v) is 6.69. The fraction of sp³-hybridized carbons (Fsp3) is 0.360. The minimum absolute atomic E-state index is 0.107. The van der Waals surface area contributed by atoms with E-state index >= 15 is 0 Å². The Hall–Kier alpha value is -3.36. The van der Waals surface area contributed by atoms with E-state index in [9.17, 15) is 19.2 Å². The number of imide groups is 2. The molecule has 0 bridgehead atoms. The molecule has 4 amide bonds. The van der Waals surface area contributed by atoms with Crippen LogP contribution in [0.4, 0.5) is 0 Å². The molecule has 2 aromatic carbocycles. The van der Waals surface area contributed by atoms with Crippen molar-refractivity contribution in [2.75, 3.05) is 19.6 Å². The van der Waals surface area contributed by atoms with Crippen LogP contribution in [-0.2, 0) is 16.1 Å². The predicted molar refractivity (Wildman–Crippen MR) is 120 cm³/mol. The van der Waals surface area contributed by atoms with Crippen LogP contribution in [-0.4, -0.2) is 59.1 Å². The highest BCUT2D eigenvalue weighted by Gasteiger charge is 2.45. The lowest BCUT2D eigenvalue weighted by Crippen LogP contribution is -2.54. The van der Waals surface area contributed by atoms with Crippen molar-refractivity contribution < 1.29 is 19.2 Å². The molecule has 2 unspecified atom stereocenters. The van der Waals surface area contributed by atoms with Crippen LogP contribution in [0.1, 0.15) is 57.1 Å². The van der Waals surface area contributed by atoms with Gasteiger partial charge in [0.15, 0.2) is 0 Å². The van der Waals surface area contributed by atoms with Crippen molar-refractivity contribution in [2.24, 2.45) is 0 Å². The van der Waals surface area contributed by atoms with Gasteiger partial charge in [0.2, 0.25) is 11.8 Å². The monoisotopic (exact) mass is 446 g/mol. The first-order chi connectivity index (χ1) is 16.0. The van der Waals surface area contributed by atoms with Gasteiger partial charge in [0.25, 0.3) is 11.8 Å². The average Bonchev–Trinajstić information content (AvgIpc) is 2.95. The maximum absolute atomic E-state index is 13.4. The summed E-state index contributed by atoms with van der Waals surface area (Å²) in [6.45, 7) is 3.10. The summed E-state index contributed by atoms with van der Waals surface area (Å²) < 4.78 is 0. The SMILES string of the molecule is O=C1CCC(N2C(=O)c3cccc(CN4CCCNCC4c4ccccc4)c3C2=O)C(=O)N1. The molecule has 8 heteroatoms. The van der Waals surface area contributed by atoms with Gasteiger partial charge in [0.05, 0.1) is 11.1 Å². The van der Waals surface area contributed by atoms with Gasteiger partial charge in [0, 0.05) is 32.1 Å². The minimum Gasteiger partial charge on any atom is -0.315 e. The van der Waals surface area contributed by atoms with Crippen LogP contribution in [0, 0.1) is 0 Å². The van der Waals surface area contributed by atoms with Gasteiger partial charge in [-0.1, -0.05) is 42.5 Å². The smallest absolute Gasteiger partial charge is 0.262 e. The van der Waals surface area contributed by atoms with Gasteiger partial charge in [-0.3, -0.25) is 34.3 Å². The lowest BCUT2D eigenvalue weighted by atomic mass is 10.00. The van der Waals surface area contributed by atoms with E-state index in [1.54, 1.807) is 12.1 Å². The Balaban J connectivity index is 1.45. The van der Waals surface area contributed by atoms with Crippen molar-refractivity contribution in [3.05, 3.63) is 70.8 Å². The second-order valence-electron chi connectivity index (χ2n) is 8.74. The zero-order chi connectivity index (χ0) is 22.9. The Labute approximate surface area is 191 Å². The van der Waals surface area contributed by atoms with Crippen LogP contribution in [0.15, 0.2) is 48.5 Å². The molecule has 3 heterocycles. The zero-order valence-corrected chi connectivity index (χ0v) is 18.3. The average molecular weight is 447 g/mol. The van der Waals surface area contributed by atoms with Crippen molar-refractivity contribution >= 4 is 23.6 Å². The number of carbonyl (C=O) groups is 4. The van der Waals surface area contributed by atoms with Crippen LogP contribution >= 0.6 is 0 Å². The topological polar surface area (TPSA) is 98.8 Å². The molecule has 2 aromatic rings. The maximum Gasteiger partial charge on any atom is 0.262 e. The molecule has 8 nitrogen and oxygen atoms in total. The second kappa shape index (κ2) is 8.88. The molecule has 2 N–H and O–H groups in total. The van der Waals surface area contributed by atoms with E-state index < -0.39 is 23.8 Å². The van der Waals surface area contributed by atoms with Gasteiger partial charge in [-0.25, -0.2) is 0 Å². The molecule has 2 fully saturated rings. The number of amides is 4. The summed E-state index contributed by atoms with van der Waals surface area (Å²) in [6, 6.07) is 14.8. The standard InChI is InChI=1S/C25H26N4O4/c30-21-11-10-19(23(31)27-21)29-24(32)18-9-4-8-17(22(18)25(29)33)15-28-13-5-12-26-14-20(28)16-6-2-1-3-7-16/h1-4,6-9,19-20,26H,5,10-15H2,(H,27,30,31). The molecule has 5 rings (SSSR count). The number of carbonyl (C=O) groups excluding carboxylic acids is 4.